The summed E-state index contributed by atoms with van der Waals surface area (Å²) in [7, 11) is 1.55. The average Bonchev–Trinajstić information content (AvgIpc) is 2.55. The number of aromatic hydroxyl groups is 1. The number of aryl methyl sites for hydroxylation is 1. The lowest BCUT2D eigenvalue weighted by atomic mass is 10.1. The number of carbonyl (C=O) groups is 2. The zero-order chi connectivity index (χ0) is 17.7. The van der Waals surface area contributed by atoms with E-state index in [1.54, 1.807) is 44.4 Å². The molecule has 0 heterocycles. The summed E-state index contributed by atoms with van der Waals surface area (Å²) >= 11 is 0. The molecule has 0 fully saturated rings. The maximum Gasteiger partial charge on any atom is 0.342 e. The highest BCUT2D eigenvalue weighted by Gasteiger charge is 2.21. The fourth-order valence-corrected chi connectivity index (χ4v) is 2.01. The van der Waals surface area contributed by atoms with Gasteiger partial charge in [0, 0.05) is 5.69 Å². The van der Waals surface area contributed by atoms with E-state index in [1.807, 2.05) is 0 Å². The van der Waals surface area contributed by atoms with Crippen LogP contribution in [0.4, 0.5) is 5.69 Å². The van der Waals surface area contributed by atoms with Crippen LogP contribution in [0, 0.1) is 6.92 Å². The van der Waals surface area contributed by atoms with E-state index in [1.165, 1.54) is 19.1 Å². The Labute approximate surface area is 140 Å². The predicted molar refractivity (Wildman–Crippen MR) is 89.3 cm³/mol. The van der Waals surface area contributed by atoms with Crippen LogP contribution < -0.4 is 10.1 Å². The smallest absolute Gasteiger partial charge is 0.342 e. The van der Waals surface area contributed by atoms with Gasteiger partial charge in [0.1, 0.15) is 17.1 Å². The van der Waals surface area contributed by atoms with Crippen molar-refractivity contribution < 1.29 is 24.2 Å². The topological polar surface area (TPSA) is 84.9 Å². The molecule has 0 radical (unpaired) electrons. The second-order valence-corrected chi connectivity index (χ2v) is 5.29. The first-order valence-corrected chi connectivity index (χ1v) is 7.36. The summed E-state index contributed by atoms with van der Waals surface area (Å²) in [4.78, 5) is 24.1. The molecule has 2 N–H and O–H groups in total. The van der Waals surface area contributed by atoms with Gasteiger partial charge in [-0.25, -0.2) is 4.79 Å². The van der Waals surface area contributed by atoms with Crippen LogP contribution in [0.1, 0.15) is 22.8 Å². The third-order valence-electron chi connectivity index (χ3n) is 3.38. The Bertz CT molecular complexity index is 740. The fourth-order valence-electron chi connectivity index (χ4n) is 2.01. The largest absolute Gasteiger partial charge is 0.507 e. The molecule has 0 saturated carbocycles. The average molecular weight is 329 g/mol. The monoisotopic (exact) mass is 329 g/mol. The molecule has 0 spiro atoms. The molecule has 0 aromatic heterocycles. The van der Waals surface area contributed by atoms with Crippen LogP contribution in [0.2, 0.25) is 0 Å². The van der Waals surface area contributed by atoms with Gasteiger partial charge in [0.05, 0.1) is 7.11 Å². The molecule has 1 amide bonds. The van der Waals surface area contributed by atoms with E-state index in [9.17, 15) is 14.7 Å². The van der Waals surface area contributed by atoms with Crippen molar-refractivity contribution in [1.82, 2.24) is 0 Å². The van der Waals surface area contributed by atoms with Crippen LogP contribution in [0.25, 0.3) is 0 Å². The number of anilines is 1. The molecule has 0 bridgehead atoms. The van der Waals surface area contributed by atoms with Gasteiger partial charge in [0.2, 0.25) is 0 Å². The van der Waals surface area contributed by atoms with E-state index in [0.29, 0.717) is 11.4 Å². The maximum absolute atomic E-state index is 12.1. The summed E-state index contributed by atoms with van der Waals surface area (Å²) in [5.74, 6) is -0.741. The number of carbonyl (C=O) groups excluding carboxylic acids is 2. The minimum atomic E-state index is -1.01. The molecule has 1 atom stereocenters. The first kappa shape index (κ1) is 17.3. The molecule has 6 nitrogen and oxygen atoms in total. The number of phenolic OH excluding ortho intramolecular Hbond substituents is 1. The van der Waals surface area contributed by atoms with Gasteiger partial charge in [0.15, 0.2) is 6.10 Å². The summed E-state index contributed by atoms with van der Waals surface area (Å²) < 4.78 is 10.1. The summed E-state index contributed by atoms with van der Waals surface area (Å²) in [6.07, 6.45) is -1.01. The molecule has 0 aliphatic rings. The lowest BCUT2D eigenvalue weighted by Gasteiger charge is -2.14. The summed E-state index contributed by atoms with van der Waals surface area (Å²) in [6.45, 7) is 3.25. The molecule has 0 saturated heterocycles. The molecule has 0 unspecified atom stereocenters. The number of nitrogens with one attached hydrogen (secondary N) is 1. The normalized spacial score (nSPS) is 11.5. The van der Waals surface area contributed by atoms with Crippen molar-refractivity contribution >= 4 is 17.6 Å². The Morgan fingerprint density at radius 1 is 1.12 bits per heavy atom. The van der Waals surface area contributed by atoms with E-state index in [0.717, 1.165) is 5.56 Å². The van der Waals surface area contributed by atoms with Gasteiger partial charge in [-0.1, -0.05) is 6.07 Å². The van der Waals surface area contributed by atoms with Gasteiger partial charge in [-0.3, -0.25) is 4.79 Å². The molecule has 6 heteroatoms. The van der Waals surface area contributed by atoms with Gasteiger partial charge in [-0.15, -0.1) is 0 Å². The van der Waals surface area contributed by atoms with E-state index in [4.69, 9.17) is 9.47 Å². The number of benzene rings is 2. The van der Waals surface area contributed by atoms with E-state index in [-0.39, 0.29) is 11.3 Å². The lowest BCUT2D eigenvalue weighted by Crippen LogP contribution is -2.30. The summed E-state index contributed by atoms with van der Waals surface area (Å²) in [5, 5.41) is 12.4. The van der Waals surface area contributed by atoms with Crippen LogP contribution in [0.3, 0.4) is 0 Å². The molecule has 2 rings (SSSR count). The fraction of sp³-hybridized carbons (Fsp3) is 0.222. The Hall–Kier alpha value is -3.02. The minimum absolute atomic E-state index is 0.0182. The molecular formula is C18H19NO5. The van der Waals surface area contributed by atoms with Crippen molar-refractivity contribution in [1.29, 1.82) is 0 Å². The number of phenols is 1. The second-order valence-electron chi connectivity index (χ2n) is 5.29. The number of hydrogen-bond donors (Lipinski definition) is 2. The number of ether oxygens (including phenoxy) is 2. The van der Waals surface area contributed by atoms with Crippen molar-refractivity contribution in [2.24, 2.45) is 0 Å². The SMILES string of the molecule is COc1ccc(NC(=O)[C@H](C)OC(=O)c2ccc(C)cc2O)cc1. The van der Waals surface area contributed by atoms with Gasteiger partial charge >= 0.3 is 5.97 Å². The van der Waals surface area contributed by atoms with Crippen molar-refractivity contribution in [2.45, 2.75) is 20.0 Å². The number of rotatable bonds is 5. The number of esters is 1. The highest BCUT2D eigenvalue weighted by atomic mass is 16.5. The third-order valence-corrected chi connectivity index (χ3v) is 3.38. The molecule has 2 aromatic rings. The maximum atomic E-state index is 12.1. The van der Waals surface area contributed by atoms with Gasteiger partial charge in [-0.2, -0.15) is 0 Å². The van der Waals surface area contributed by atoms with Crippen molar-refractivity contribution in [3.63, 3.8) is 0 Å². The van der Waals surface area contributed by atoms with E-state index >= 15 is 0 Å². The Balaban J connectivity index is 1.98. The molecule has 0 aliphatic heterocycles. The molecule has 2 aromatic carbocycles. The quantitative estimate of drug-likeness (QED) is 0.824. The molecule has 126 valence electrons. The van der Waals surface area contributed by atoms with E-state index < -0.39 is 18.0 Å². The van der Waals surface area contributed by atoms with Crippen molar-refractivity contribution in [2.75, 3.05) is 12.4 Å². The standard InChI is InChI=1S/C18H19NO5/c1-11-4-9-15(16(20)10-11)18(22)24-12(2)17(21)19-13-5-7-14(23-3)8-6-13/h4-10,12,20H,1-3H3,(H,19,21)/t12-/m0/s1. The van der Waals surface area contributed by atoms with E-state index in [2.05, 4.69) is 5.32 Å². The number of hydrogen-bond acceptors (Lipinski definition) is 5. The molecule has 0 aliphatic carbocycles. The zero-order valence-corrected chi connectivity index (χ0v) is 13.7. The number of amides is 1. The van der Waals surface area contributed by atoms with Crippen LogP contribution in [-0.2, 0) is 9.53 Å². The first-order chi connectivity index (χ1) is 11.4. The number of methoxy groups -OCH3 is 1. The van der Waals surface area contributed by atoms with Crippen LogP contribution in [0.5, 0.6) is 11.5 Å². The Kier molecular flexibility index (Phi) is 5.42. The zero-order valence-electron chi connectivity index (χ0n) is 13.7. The van der Waals surface area contributed by atoms with Crippen molar-refractivity contribution in [3.8, 4) is 11.5 Å². The summed E-state index contributed by atoms with van der Waals surface area (Å²) in [6, 6.07) is 11.4. The van der Waals surface area contributed by atoms with Crippen molar-refractivity contribution in [3.05, 3.63) is 53.6 Å². The van der Waals surface area contributed by atoms with Gasteiger partial charge in [-0.05, 0) is 55.8 Å². The second kappa shape index (κ2) is 7.50. The minimum Gasteiger partial charge on any atom is -0.507 e. The predicted octanol–water partition coefficient (Wildman–Crippen LogP) is 2.89. The van der Waals surface area contributed by atoms with Crippen LogP contribution in [0.15, 0.2) is 42.5 Å². The van der Waals surface area contributed by atoms with Crippen LogP contribution >= 0.6 is 0 Å². The first-order valence-electron chi connectivity index (χ1n) is 7.36. The van der Waals surface area contributed by atoms with Gasteiger partial charge in [0.25, 0.3) is 5.91 Å². The Morgan fingerprint density at radius 2 is 1.79 bits per heavy atom. The molecular weight excluding hydrogens is 310 g/mol. The Morgan fingerprint density at radius 3 is 2.38 bits per heavy atom. The lowest BCUT2D eigenvalue weighted by molar-refractivity contribution is -0.123. The van der Waals surface area contributed by atoms with Crippen LogP contribution in [-0.4, -0.2) is 30.2 Å². The summed E-state index contributed by atoms with van der Waals surface area (Å²) in [5.41, 5.74) is 1.39. The highest BCUT2D eigenvalue weighted by Crippen LogP contribution is 2.20. The molecule has 24 heavy (non-hydrogen) atoms. The van der Waals surface area contributed by atoms with Gasteiger partial charge < -0.3 is 19.9 Å². The third kappa shape index (κ3) is 4.25. The highest BCUT2D eigenvalue weighted by molar-refractivity contribution is 5.98.